The fraction of sp³-hybridized carbons (Fsp3) is 0.200. The lowest BCUT2D eigenvalue weighted by molar-refractivity contribution is -0.384. The topological polar surface area (TPSA) is 143 Å². The number of nitrogens with zero attached hydrogens (tertiary/aromatic N) is 3. The van der Waals surface area contributed by atoms with Crippen molar-refractivity contribution >= 4 is 46.9 Å². The maximum absolute atomic E-state index is 12.7. The van der Waals surface area contributed by atoms with Gasteiger partial charge in [0.15, 0.2) is 0 Å². The third-order valence-electron chi connectivity index (χ3n) is 4.46. The van der Waals surface area contributed by atoms with Crippen LogP contribution in [0.25, 0.3) is 0 Å². The Hall–Kier alpha value is -3.83. The number of hydrazone groups is 1. The third kappa shape index (κ3) is 5.65. The lowest BCUT2D eigenvalue weighted by Gasteiger charge is -2.27. The minimum Gasteiger partial charge on any atom is -0.378 e. The molecule has 166 valence electrons. The second-order valence-corrected chi connectivity index (χ2v) is 6.98. The Morgan fingerprint density at radius 2 is 1.84 bits per heavy atom. The van der Waals surface area contributed by atoms with E-state index in [2.05, 4.69) is 10.4 Å². The summed E-state index contributed by atoms with van der Waals surface area (Å²) in [4.78, 5) is 48.8. The van der Waals surface area contributed by atoms with Gasteiger partial charge in [-0.1, -0.05) is 23.7 Å². The predicted octanol–water partition coefficient (Wildman–Crippen LogP) is 1.81. The van der Waals surface area contributed by atoms with Crippen LogP contribution in [0.15, 0.2) is 47.6 Å². The molecule has 0 unspecified atom stereocenters. The number of nitro groups is 1. The van der Waals surface area contributed by atoms with Crippen LogP contribution in [0.2, 0.25) is 5.02 Å². The number of para-hydroxylation sites is 1. The van der Waals surface area contributed by atoms with Crippen molar-refractivity contribution in [2.75, 3.05) is 31.6 Å². The number of amides is 3. The maximum atomic E-state index is 12.7. The molecule has 2 N–H and O–H groups in total. The molecule has 1 heterocycles. The number of benzene rings is 2. The summed E-state index contributed by atoms with van der Waals surface area (Å²) in [7, 11) is 0. The van der Waals surface area contributed by atoms with Gasteiger partial charge in [-0.05, 0) is 29.8 Å². The molecule has 0 saturated carbocycles. The zero-order valence-electron chi connectivity index (χ0n) is 16.6. The summed E-state index contributed by atoms with van der Waals surface area (Å²) in [5.74, 6) is -2.37. The molecule has 0 radical (unpaired) electrons. The molecule has 3 amide bonds. The molecule has 32 heavy (non-hydrogen) atoms. The molecule has 2 aromatic carbocycles. The summed E-state index contributed by atoms with van der Waals surface area (Å²) >= 11 is 5.81. The van der Waals surface area contributed by atoms with E-state index < -0.39 is 16.7 Å². The number of hydrogen-bond donors (Lipinski definition) is 2. The van der Waals surface area contributed by atoms with Crippen LogP contribution in [-0.2, 0) is 14.3 Å². The van der Waals surface area contributed by atoms with Gasteiger partial charge in [0.25, 0.3) is 11.6 Å². The van der Waals surface area contributed by atoms with Gasteiger partial charge in [-0.25, -0.2) is 5.43 Å². The number of anilines is 1. The number of hydrogen-bond acceptors (Lipinski definition) is 7. The van der Waals surface area contributed by atoms with Crippen LogP contribution in [0.3, 0.4) is 0 Å². The average Bonchev–Trinajstić information content (AvgIpc) is 2.79. The van der Waals surface area contributed by atoms with E-state index in [1.54, 1.807) is 23.1 Å². The van der Waals surface area contributed by atoms with Gasteiger partial charge in [-0.15, -0.1) is 0 Å². The second kappa shape index (κ2) is 10.5. The van der Waals surface area contributed by atoms with Crippen LogP contribution in [0.1, 0.15) is 15.9 Å². The number of carbonyl (C=O) groups excluding carboxylic acids is 3. The van der Waals surface area contributed by atoms with Gasteiger partial charge in [0.2, 0.25) is 0 Å². The van der Waals surface area contributed by atoms with Crippen LogP contribution >= 0.6 is 11.6 Å². The first kappa shape index (κ1) is 22.8. The predicted molar refractivity (Wildman–Crippen MR) is 116 cm³/mol. The van der Waals surface area contributed by atoms with Crippen molar-refractivity contribution in [2.45, 2.75) is 0 Å². The first-order valence-corrected chi connectivity index (χ1v) is 9.79. The highest BCUT2D eigenvalue weighted by atomic mass is 35.5. The first-order valence-electron chi connectivity index (χ1n) is 9.41. The van der Waals surface area contributed by atoms with E-state index in [0.29, 0.717) is 31.9 Å². The fourth-order valence-electron chi connectivity index (χ4n) is 2.86. The molecule has 1 aliphatic heterocycles. The van der Waals surface area contributed by atoms with E-state index in [1.807, 2.05) is 5.43 Å². The number of rotatable bonds is 5. The quantitative estimate of drug-likeness (QED) is 0.302. The number of carbonyl (C=O) groups is 3. The highest BCUT2D eigenvalue weighted by Crippen LogP contribution is 2.24. The summed E-state index contributed by atoms with van der Waals surface area (Å²) in [5, 5.41) is 16.7. The van der Waals surface area contributed by atoms with Gasteiger partial charge in [-0.2, -0.15) is 5.10 Å². The Kier molecular flexibility index (Phi) is 7.47. The molecular formula is C20H18ClN5O6. The monoisotopic (exact) mass is 459 g/mol. The normalized spacial score (nSPS) is 13.6. The van der Waals surface area contributed by atoms with Gasteiger partial charge in [0.05, 0.1) is 35.6 Å². The van der Waals surface area contributed by atoms with Gasteiger partial charge in [-0.3, -0.25) is 24.5 Å². The summed E-state index contributed by atoms with van der Waals surface area (Å²) < 4.78 is 5.24. The van der Waals surface area contributed by atoms with Crippen LogP contribution in [0.5, 0.6) is 0 Å². The zero-order valence-corrected chi connectivity index (χ0v) is 17.4. The van der Waals surface area contributed by atoms with Crippen molar-refractivity contribution in [1.82, 2.24) is 10.3 Å². The Labute approximate surface area is 187 Å². The minimum atomic E-state index is -1.07. The lowest BCUT2D eigenvalue weighted by Crippen LogP contribution is -2.41. The molecule has 12 heteroatoms. The molecule has 2 aromatic rings. The molecule has 0 spiro atoms. The first-order chi connectivity index (χ1) is 15.4. The van der Waals surface area contributed by atoms with E-state index in [1.165, 1.54) is 30.5 Å². The molecule has 0 aliphatic carbocycles. The lowest BCUT2D eigenvalue weighted by atomic mass is 10.1. The molecule has 0 atom stereocenters. The minimum absolute atomic E-state index is 0.0930. The highest BCUT2D eigenvalue weighted by Gasteiger charge is 2.23. The summed E-state index contributed by atoms with van der Waals surface area (Å²) in [5.41, 5.74) is 2.60. The van der Waals surface area contributed by atoms with Crippen molar-refractivity contribution in [1.29, 1.82) is 0 Å². The van der Waals surface area contributed by atoms with E-state index >= 15 is 0 Å². The Morgan fingerprint density at radius 3 is 2.53 bits per heavy atom. The number of nitrogens with one attached hydrogen (secondary N) is 2. The Bertz CT molecular complexity index is 1080. The van der Waals surface area contributed by atoms with Crippen molar-refractivity contribution in [3.8, 4) is 0 Å². The molecule has 0 aromatic heterocycles. The third-order valence-corrected chi connectivity index (χ3v) is 4.76. The Balaban J connectivity index is 1.62. The van der Waals surface area contributed by atoms with Gasteiger partial charge >= 0.3 is 11.8 Å². The van der Waals surface area contributed by atoms with E-state index in [9.17, 15) is 24.5 Å². The fourth-order valence-corrected chi connectivity index (χ4v) is 3.12. The number of halogens is 1. The number of nitro benzene ring substituents is 1. The van der Waals surface area contributed by atoms with Crippen LogP contribution in [0, 0.1) is 10.1 Å². The molecular weight excluding hydrogens is 442 g/mol. The van der Waals surface area contributed by atoms with Gasteiger partial charge in [0.1, 0.15) is 5.02 Å². The number of ether oxygens (including phenoxy) is 1. The summed E-state index contributed by atoms with van der Waals surface area (Å²) in [6.45, 7) is 1.73. The summed E-state index contributed by atoms with van der Waals surface area (Å²) in [6.07, 6.45) is 1.18. The zero-order chi connectivity index (χ0) is 23.1. The molecule has 3 rings (SSSR count). The molecule has 0 bridgehead atoms. The van der Waals surface area contributed by atoms with Crippen molar-refractivity contribution in [3.63, 3.8) is 0 Å². The van der Waals surface area contributed by atoms with Crippen LogP contribution < -0.4 is 10.7 Å². The summed E-state index contributed by atoms with van der Waals surface area (Å²) in [6, 6.07) is 10.2. The molecule has 1 aliphatic rings. The van der Waals surface area contributed by atoms with Gasteiger partial charge < -0.3 is 15.0 Å². The average molecular weight is 460 g/mol. The van der Waals surface area contributed by atoms with Gasteiger partial charge in [0, 0.05) is 19.2 Å². The molecule has 1 fully saturated rings. The second-order valence-electron chi connectivity index (χ2n) is 6.57. The van der Waals surface area contributed by atoms with Crippen LogP contribution in [-0.4, -0.2) is 60.1 Å². The van der Waals surface area contributed by atoms with Crippen molar-refractivity contribution in [3.05, 3.63) is 68.7 Å². The highest BCUT2D eigenvalue weighted by molar-refractivity contribution is 6.40. The molecule has 11 nitrogen and oxygen atoms in total. The number of morpholine rings is 1. The van der Waals surface area contributed by atoms with E-state index in [4.69, 9.17) is 16.3 Å². The largest absolute Gasteiger partial charge is 0.378 e. The SMILES string of the molecule is O=C(NN=Cc1ccc([N+](=O)[O-])c(Cl)c1)C(=O)Nc1ccccc1C(=O)N1CCOCC1. The van der Waals surface area contributed by atoms with Crippen LogP contribution in [0.4, 0.5) is 11.4 Å². The van der Waals surface area contributed by atoms with Crippen molar-refractivity contribution in [2.24, 2.45) is 5.10 Å². The smallest absolute Gasteiger partial charge is 0.329 e. The maximum Gasteiger partial charge on any atom is 0.329 e. The van der Waals surface area contributed by atoms with Crippen molar-refractivity contribution < 1.29 is 24.0 Å². The Morgan fingerprint density at radius 1 is 1.12 bits per heavy atom. The van der Waals surface area contributed by atoms with E-state index in [-0.39, 0.29) is 27.9 Å². The van der Waals surface area contributed by atoms with E-state index in [0.717, 1.165) is 0 Å². The molecule has 1 saturated heterocycles. The standard InChI is InChI=1S/C20H18ClN5O6/c21-15-11-13(5-6-17(15)26(30)31)12-22-24-19(28)18(27)23-16-4-2-1-3-14(16)20(29)25-7-9-32-10-8-25/h1-6,11-12H,7-10H2,(H,23,27)(H,24,28).